The minimum atomic E-state index is 1.17. The Bertz CT molecular complexity index is 379. The maximum atomic E-state index is 4.16. The van der Waals surface area contributed by atoms with Gasteiger partial charge in [-0.1, -0.05) is 0 Å². The Morgan fingerprint density at radius 1 is 0.643 bits per heavy atom. The maximum absolute atomic E-state index is 4.16. The monoisotopic (exact) mass is 222 g/mol. The summed E-state index contributed by atoms with van der Waals surface area (Å²) < 4.78 is 3.43. The predicted molar refractivity (Wildman–Crippen MR) is 61.0 cm³/mol. The van der Waals surface area contributed by atoms with Gasteiger partial charge in [0.2, 0.25) is 0 Å². The van der Waals surface area contributed by atoms with Crippen molar-refractivity contribution in [3.8, 4) is 11.1 Å². The molecule has 2 aromatic heterocycles. The minimum Gasteiger partial charge on any atom is -0.137 e. The standard InChI is InChI=1S/C10H10N2S2/c13-11-5-1-9(2-6-11)10-3-7-12(14)8-4-10/h1-8,13-14H/q+2. The molecule has 0 aromatic carbocycles. The zero-order chi connectivity index (χ0) is 9.97. The summed E-state index contributed by atoms with van der Waals surface area (Å²) in [6, 6.07) is 8.08. The Morgan fingerprint density at radius 3 is 1.21 bits per heavy atom. The fourth-order valence-corrected chi connectivity index (χ4v) is 1.49. The highest BCUT2D eigenvalue weighted by atomic mass is 32.1. The number of rotatable bonds is 1. The molecule has 14 heavy (non-hydrogen) atoms. The van der Waals surface area contributed by atoms with Gasteiger partial charge in [0.05, 0.1) is 0 Å². The summed E-state index contributed by atoms with van der Waals surface area (Å²) in [6.45, 7) is 0. The molecule has 2 heterocycles. The van der Waals surface area contributed by atoms with Crippen LogP contribution in [0.25, 0.3) is 11.1 Å². The Balaban J connectivity index is 2.40. The van der Waals surface area contributed by atoms with Crippen molar-refractivity contribution in [2.24, 2.45) is 0 Å². The van der Waals surface area contributed by atoms with Gasteiger partial charge in [-0.2, -0.15) is 0 Å². The van der Waals surface area contributed by atoms with Crippen LogP contribution in [0.15, 0.2) is 49.1 Å². The van der Waals surface area contributed by atoms with Crippen molar-refractivity contribution in [3.63, 3.8) is 0 Å². The molecule has 0 aliphatic rings. The van der Waals surface area contributed by atoms with Crippen molar-refractivity contribution < 1.29 is 7.94 Å². The van der Waals surface area contributed by atoms with Crippen LogP contribution in [-0.2, 0) is 0 Å². The lowest BCUT2D eigenvalue weighted by Gasteiger charge is -1.96. The highest BCUT2D eigenvalue weighted by Crippen LogP contribution is 2.15. The summed E-state index contributed by atoms with van der Waals surface area (Å²) in [5.41, 5.74) is 2.34. The minimum absolute atomic E-state index is 1.17. The molecular weight excluding hydrogens is 212 g/mol. The van der Waals surface area contributed by atoms with Crippen molar-refractivity contribution >= 4 is 25.6 Å². The van der Waals surface area contributed by atoms with Crippen LogP contribution in [0.4, 0.5) is 0 Å². The summed E-state index contributed by atoms with van der Waals surface area (Å²) in [7, 11) is 0. The molecule has 2 rings (SSSR count). The van der Waals surface area contributed by atoms with Crippen LogP contribution in [0, 0.1) is 0 Å². The molecule has 0 saturated carbocycles. The first-order chi connectivity index (χ1) is 6.75. The van der Waals surface area contributed by atoms with Crippen LogP contribution in [0.1, 0.15) is 0 Å². The quantitative estimate of drug-likeness (QED) is 0.531. The van der Waals surface area contributed by atoms with E-state index in [1.54, 1.807) is 7.94 Å². The summed E-state index contributed by atoms with van der Waals surface area (Å²) in [4.78, 5) is 0. The predicted octanol–water partition coefficient (Wildman–Crippen LogP) is 1.31. The fourth-order valence-electron chi connectivity index (χ4n) is 1.22. The first-order valence-electron chi connectivity index (χ1n) is 4.17. The third kappa shape index (κ3) is 2.08. The van der Waals surface area contributed by atoms with Crippen LogP contribution in [-0.4, -0.2) is 0 Å². The second-order valence-corrected chi connectivity index (χ2v) is 3.86. The van der Waals surface area contributed by atoms with Crippen molar-refractivity contribution in [2.45, 2.75) is 0 Å². The second kappa shape index (κ2) is 4.02. The molecule has 0 unspecified atom stereocenters. The summed E-state index contributed by atoms with van der Waals surface area (Å²) in [6.07, 6.45) is 7.61. The van der Waals surface area contributed by atoms with E-state index < -0.39 is 0 Å². The molecule has 0 spiro atoms. The molecule has 0 radical (unpaired) electrons. The first-order valence-corrected chi connectivity index (χ1v) is 4.97. The lowest BCUT2D eigenvalue weighted by molar-refractivity contribution is -0.489. The fraction of sp³-hybridized carbons (Fsp3) is 0. The van der Waals surface area contributed by atoms with Crippen molar-refractivity contribution in [1.29, 1.82) is 0 Å². The molecule has 0 amide bonds. The van der Waals surface area contributed by atoms with Crippen LogP contribution in [0.3, 0.4) is 0 Å². The molecule has 70 valence electrons. The van der Waals surface area contributed by atoms with Gasteiger partial charge in [-0.25, -0.2) is 0 Å². The van der Waals surface area contributed by atoms with E-state index in [1.165, 1.54) is 11.1 Å². The Morgan fingerprint density at radius 2 is 0.929 bits per heavy atom. The molecule has 0 aliphatic heterocycles. The van der Waals surface area contributed by atoms with Gasteiger partial charge in [-0.15, -0.1) is 7.94 Å². The number of hydrogen-bond donors (Lipinski definition) is 2. The van der Waals surface area contributed by atoms with Crippen molar-refractivity contribution in [2.75, 3.05) is 0 Å². The molecule has 0 N–H and O–H groups in total. The third-order valence-electron chi connectivity index (χ3n) is 1.96. The molecule has 0 atom stereocenters. The van der Waals surface area contributed by atoms with E-state index in [-0.39, 0.29) is 0 Å². The van der Waals surface area contributed by atoms with E-state index in [4.69, 9.17) is 0 Å². The number of aromatic nitrogens is 2. The number of hydrogen-bond acceptors (Lipinski definition) is 2. The summed E-state index contributed by atoms with van der Waals surface area (Å²) in [5.74, 6) is 0. The van der Waals surface area contributed by atoms with Crippen LogP contribution in [0.5, 0.6) is 0 Å². The van der Waals surface area contributed by atoms with Crippen LogP contribution < -0.4 is 7.94 Å². The van der Waals surface area contributed by atoms with Crippen molar-refractivity contribution in [3.05, 3.63) is 49.1 Å². The van der Waals surface area contributed by atoms with Gasteiger partial charge in [0.25, 0.3) is 0 Å². The number of thiol groups is 2. The van der Waals surface area contributed by atoms with E-state index in [0.29, 0.717) is 0 Å². The first kappa shape index (κ1) is 9.55. The zero-order valence-corrected chi connectivity index (χ0v) is 9.20. The maximum Gasteiger partial charge on any atom is 0.183 e. The summed E-state index contributed by atoms with van der Waals surface area (Å²) in [5, 5.41) is 0. The van der Waals surface area contributed by atoms with Crippen molar-refractivity contribution in [1.82, 2.24) is 0 Å². The van der Waals surface area contributed by atoms with Gasteiger partial charge in [-0.05, 0) is 11.1 Å². The highest BCUT2D eigenvalue weighted by molar-refractivity contribution is 7.73. The van der Waals surface area contributed by atoms with Gasteiger partial charge >= 0.3 is 0 Å². The molecule has 0 aliphatic carbocycles. The molecule has 0 saturated heterocycles. The largest absolute Gasteiger partial charge is 0.183 e. The normalized spacial score (nSPS) is 10.1. The molecule has 2 nitrogen and oxygen atoms in total. The van der Waals surface area contributed by atoms with E-state index >= 15 is 0 Å². The van der Waals surface area contributed by atoms with E-state index in [0.717, 1.165) is 0 Å². The van der Waals surface area contributed by atoms with Gasteiger partial charge in [0.15, 0.2) is 24.8 Å². The van der Waals surface area contributed by atoms with E-state index in [9.17, 15) is 0 Å². The molecule has 0 fully saturated rings. The molecule has 2 aromatic rings. The van der Waals surface area contributed by atoms with Gasteiger partial charge in [0, 0.05) is 24.3 Å². The summed E-state index contributed by atoms with van der Waals surface area (Å²) >= 11 is 8.32. The van der Waals surface area contributed by atoms with Gasteiger partial charge in [0.1, 0.15) is 25.6 Å². The lowest BCUT2D eigenvalue weighted by atomic mass is 10.1. The molecule has 4 heteroatoms. The highest BCUT2D eigenvalue weighted by Gasteiger charge is 2.01. The Hall–Kier alpha value is -1.00. The Labute approximate surface area is 93.9 Å². The van der Waals surface area contributed by atoms with Gasteiger partial charge in [-0.3, -0.25) is 0 Å². The number of pyridine rings is 2. The average molecular weight is 222 g/mol. The van der Waals surface area contributed by atoms with E-state index in [1.807, 2.05) is 49.1 Å². The molecule has 0 bridgehead atoms. The Kier molecular flexibility index (Phi) is 2.74. The van der Waals surface area contributed by atoms with Crippen LogP contribution >= 0.6 is 25.6 Å². The SMILES string of the molecule is S[n+]1ccc(-c2cc[n+](S)cc2)cc1. The van der Waals surface area contributed by atoms with Crippen LogP contribution in [0.2, 0.25) is 0 Å². The third-order valence-corrected chi connectivity index (χ3v) is 2.49. The zero-order valence-electron chi connectivity index (χ0n) is 7.41. The lowest BCUT2D eigenvalue weighted by Crippen LogP contribution is -2.18. The number of nitrogens with zero attached hydrogens (tertiary/aromatic N) is 2. The smallest absolute Gasteiger partial charge is 0.137 e. The van der Waals surface area contributed by atoms with E-state index in [2.05, 4.69) is 25.6 Å². The molecular formula is C10H10N2S2+2. The second-order valence-electron chi connectivity index (χ2n) is 2.93. The van der Waals surface area contributed by atoms with Gasteiger partial charge < -0.3 is 0 Å². The average Bonchev–Trinajstić information content (AvgIpc) is 2.21. The topological polar surface area (TPSA) is 7.76 Å².